The zero-order chi connectivity index (χ0) is 28.0. The van der Waals surface area contributed by atoms with Gasteiger partial charge in [-0.25, -0.2) is 13.2 Å². The van der Waals surface area contributed by atoms with Gasteiger partial charge >= 0.3 is 6.18 Å². The summed E-state index contributed by atoms with van der Waals surface area (Å²) in [6.07, 6.45) is -5.73. The van der Waals surface area contributed by atoms with Crippen LogP contribution in [0, 0.1) is 5.82 Å². The minimum atomic E-state index is -4.82. The molecular formula is C26H19ClF6N2O3. The van der Waals surface area contributed by atoms with Crippen LogP contribution in [0.3, 0.4) is 0 Å². The second-order valence-corrected chi connectivity index (χ2v) is 9.27. The van der Waals surface area contributed by atoms with Gasteiger partial charge in [0.15, 0.2) is 5.60 Å². The van der Waals surface area contributed by atoms with Crippen molar-refractivity contribution in [2.75, 3.05) is 16.8 Å². The third kappa shape index (κ3) is 4.95. The normalized spacial score (nSPS) is 18.9. The maximum atomic E-state index is 14.9. The molecule has 1 aliphatic heterocycles. The average Bonchev–Trinajstić information content (AvgIpc) is 2.91. The van der Waals surface area contributed by atoms with E-state index in [0.29, 0.717) is 6.07 Å². The first-order chi connectivity index (χ1) is 17.6. The number of benzene rings is 3. The summed E-state index contributed by atoms with van der Waals surface area (Å²) in [5, 5.41) is 12.7. The van der Waals surface area contributed by atoms with E-state index in [0.717, 1.165) is 48.2 Å². The molecule has 0 unspecified atom stereocenters. The van der Waals surface area contributed by atoms with Crippen LogP contribution in [-0.4, -0.2) is 29.4 Å². The topological polar surface area (TPSA) is 69.6 Å². The van der Waals surface area contributed by atoms with Crippen LogP contribution in [0.25, 0.3) is 0 Å². The number of hydrogen-bond donors (Lipinski definition) is 2. The van der Waals surface area contributed by atoms with Crippen LogP contribution in [0.2, 0.25) is 5.02 Å². The Bertz CT molecular complexity index is 1420. The molecule has 2 N–H and O–H groups in total. The van der Waals surface area contributed by atoms with Gasteiger partial charge in [-0.05, 0) is 55.5 Å². The fourth-order valence-corrected chi connectivity index (χ4v) is 4.35. The Hall–Kier alpha value is -3.57. The van der Waals surface area contributed by atoms with Gasteiger partial charge in [0, 0.05) is 29.1 Å². The lowest BCUT2D eigenvalue weighted by Crippen LogP contribution is -2.42. The number of carbonyl (C=O) groups excluding carboxylic acids is 2. The lowest BCUT2D eigenvalue weighted by molar-refractivity contribution is -0.177. The van der Waals surface area contributed by atoms with Crippen LogP contribution >= 0.6 is 11.6 Å². The van der Waals surface area contributed by atoms with Gasteiger partial charge in [0.1, 0.15) is 5.82 Å². The Kier molecular flexibility index (Phi) is 6.96. The van der Waals surface area contributed by atoms with Crippen LogP contribution in [0.4, 0.5) is 37.7 Å². The predicted octanol–water partition coefficient (Wildman–Crippen LogP) is 6.64. The molecule has 0 aliphatic carbocycles. The summed E-state index contributed by atoms with van der Waals surface area (Å²) in [6.45, 7) is 0.384. The summed E-state index contributed by atoms with van der Waals surface area (Å²) >= 11 is 5.95. The number of anilines is 2. The van der Waals surface area contributed by atoms with Crippen molar-refractivity contribution >= 4 is 34.8 Å². The average molecular weight is 557 g/mol. The van der Waals surface area contributed by atoms with Gasteiger partial charge in [-0.3, -0.25) is 9.59 Å². The van der Waals surface area contributed by atoms with E-state index >= 15 is 0 Å². The molecule has 1 atom stereocenters. The number of alkyl halides is 5. The molecule has 0 bridgehead atoms. The molecule has 5 nitrogen and oxygen atoms in total. The predicted molar refractivity (Wildman–Crippen MR) is 128 cm³/mol. The van der Waals surface area contributed by atoms with E-state index in [-0.39, 0.29) is 21.8 Å². The number of nitrogens with one attached hydrogen (secondary N) is 1. The van der Waals surface area contributed by atoms with Gasteiger partial charge in [-0.15, -0.1) is 0 Å². The maximum Gasteiger partial charge on any atom is 0.417 e. The van der Waals surface area contributed by atoms with Gasteiger partial charge in [0.25, 0.3) is 17.7 Å². The molecule has 0 saturated carbocycles. The molecule has 4 rings (SSSR count). The molecule has 1 heterocycles. The van der Waals surface area contributed by atoms with Crippen LogP contribution in [0.1, 0.15) is 45.2 Å². The number of aliphatic hydroxyl groups is 1. The molecule has 38 heavy (non-hydrogen) atoms. The van der Waals surface area contributed by atoms with Gasteiger partial charge in [-0.2, -0.15) is 13.2 Å². The number of fused-ring (bicyclic) bond motifs is 1. The molecule has 3 aromatic carbocycles. The van der Waals surface area contributed by atoms with Crippen molar-refractivity contribution in [3.8, 4) is 0 Å². The minimum Gasteiger partial charge on any atom is -0.379 e. The molecule has 0 saturated heterocycles. The summed E-state index contributed by atoms with van der Waals surface area (Å²) in [5.41, 5.74) is -5.74. The first kappa shape index (κ1) is 27.5. The van der Waals surface area contributed by atoms with Crippen molar-refractivity contribution in [3.63, 3.8) is 0 Å². The summed E-state index contributed by atoms with van der Waals surface area (Å²) in [4.78, 5) is 26.7. The number of carbonyl (C=O) groups is 2. The number of amides is 2. The monoisotopic (exact) mass is 556 g/mol. The van der Waals surface area contributed by atoms with Crippen LogP contribution in [-0.2, 0) is 11.8 Å². The summed E-state index contributed by atoms with van der Waals surface area (Å²) in [5.74, 6) is -6.88. The number of rotatable bonds is 3. The van der Waals surface area contributed by atoms with Crippen molar-refractivity contribution < 1.29 is 41.0 Å². The van der Waals surface area contributed by atoms with E-state index in [9.17, 15) is 41.0 Å². The molecular weight excluding hydrogens is 538 g/mol. The molecule has 1 aliphatic rings. The van der Waals surface area contributed by atoms with Crippen molar-refractivity contribution in [2.24, 2.45) is 0 Å². The van der Waals surface area contributed by atoms with E-state index in [1.807, 2.05) is 0 Å². The highest BCUT2D eigenvalue weighted by molar-refractivity contribution is 6.30. The maximum absolute atomic E-state index is 14.9. The fourth-order valence-electron chi connectivity index (χ4n) is 4.18. The number of hydrogen-bond acceptors (Lipinski definition) is 3. The van der Waals surface area contributed by atoms with Crippen molar-refractivity contribution in [1.82, 2.24) is 0 Å². The van der Waals surface area contributed by atoms with E-state index in [1.54, 1.807) is 0 Å². The summed E-state index contributed by atoms with van der Waals surface area (Å²) in [7, 11) is 0. The molecule has 200 valence electrons. The summed E-state index contributed by atoms with van der Waals surface area (Å²) < 4.78 is 84.1. The zero-order valence-electron chi connectivity index (χ0n) is 19.5. The van der Waals surface area contributed by atoms with Crippen LogP contribution in [0.15, 0.2) is 60.7 Å². The van der Waals surface area contributed by atoms with Gasteiger partial charge in [0.2, 0.25) is 0 Å². The highest BCUT2D eigenvalue weighted by atomic mass is 35.5. The van der Waals surface area contributed by atoms with Crippen molar-refractivity contribution in [1.29, 1.82) is 0 Å². The first-order valence-electron chi connectivity index (χ1n) is 11.1. The van der Waals surface area contributed by atoms with E-state index in [4.69, 9.17) is 11.6 Å². The second-order valence-electron chi connectivity index (χ2n) is 8.84. The number of nitrogens with zero attached hydrogens (tertiary/aromatic N) is 1. The Morgan fingerprint density at radius 1 is 1.05 bits per heavy atom. The van der Waals surface area contributed by atoms with E-state index in [1.165, 1.54) is 18.2 Å². The highest BCUT2D eigenvalue weighted by Crippen LogP contribution is 2.47. The molecule has 12 heteroatoms. The van der Waals surface area contributed by atoms with Crippen molar-refractivity contribution in [2.45, 2.75) is 31.0 Å². The quantitative estimate of drug-likeness (QED) is 0.355. The highest BCUT2D eigenvalue weighted by Gasteiger charge is 2.53. The largest absolute Gasteiger partial charge is 0.417 e. The third-order valence-electron chi connectivity index (χ3n) is 6.32. The third-order valence-corrected chi connectivity index (χ3v) is 6.56. The SMILES string of the molecule is C[C@@]1(O)c2cc(Cl)ccc2N(C(=O)c2ccc(NC(=O)c3ccccc3C(F)(F)F)c(F)c2)CCC1(F)F. The van der Waals surface area contributed by atoms with Crippen LogP contribution in [0.5, 0.6) is 0 Å². The molecule has 2 amide bonds. The fraction of sp³-hybridized carbons (Fsp3) is 0.231. The molecule has 3 aromatic rings. The second kappa shape index (κ2) is 9.63. The first-order valence-corrected chi connectivity index (χ1v) is 11.5. The molecule has 0 spiro atoms. The minimum absolute atomic E-state index is 0.0485. The van der Waals surface area contributed by atoms with Gasteiger partial charge < -0.3 is 15.3 Å². The van der Waals surface area contributed by atoms with Crippen molar-refractivity contribution in [3.05, 3.63) is 93.8 Å². The van der Waals surface area contributed by atoms with Gasteiger partial charge in [0.05, 0.1) is 22.5 Å². The van der Waals surface area contributed by atoms with E-state index in [2.05, 4.69) is 5.32 Å². The standard InChI is InChI=1S/C26H19ClF6N2O3/c1-24(38)18-13-15(27)7-9-21(18)35(11-10-25(24,29)30)23(37)14-6-8-20(19(28)12-14)34-22(36)16-4-2-3-5-17(16)26(31,32)33/h2-9,12-13,38H,10-11H2,1H3,(H,34,36)/t24-/m1/s1. The Morgan fingerprint density at radius 3 is 2.39 bits per heavy atom. The van der Waals surface area contributed by atoms with E-state index < -0.39 is 65.1 Å². The Morgan fingerprint density at radius 2 is 1.74 bits per heavy atom. The molecule has 0 aromatic heterocycles. The van der Waals surface area contributed by atoms with Crippen LogP contribution < -0.4 is 10.2 Å². The van der Waals surface area contributed by atoms with Gasteiger partial charge in [-0.1, -0.05) is 23.7 Å². The summed E-state index contributed by atoms with van der Waals surface area (Å²) in [6, 6.07) is 10.5. The Balaban J connectivity index is 1.64. The number of halogens is 7. The zero-order valence-corrected chi connectivity index (χ0v) is 20.3. The smallest absolute Gasteiger partial charge is 0.379 e. The lowest BCUT2D eigenvalue weighted by Gasteiger charge is -2.32. The Labute approximate surface area is 217 Å². The lowest BCUT2D eigenvalue weighted by atomic mass is 9.87. The molecule has 0 fully saturated rings. The molecule has 0 radical (unpaired) electrons.